The summed E-state index contributed by atoms with van der Waals surface area (Å²) in [7, 11) is 0. The summed E-state index contributed by atoms with van der Waals surface area (Å²) < 4.78 is 0. The molecule has 142 valence electrons. The Labute approximate surface area is 162 Å². The van der Waals surface area contributed by atoms with Crippen LogP contribution in [-0.2, 0) is 4.79 Å². The molecule has 27 heavy (non-hydrogen) atoms. The Morgan fingerprint density at radius 2 is 1.74 bits per heavy atom. The van der Waals surface area contributed by atoms with Gasteiger partial charge in [-0.3, -0.25) is 9.69 Å². The van der Waals surface area contributed by atoms with Crippen molar-refractivity contribution < 1.29 is 4.79 Å². The van der Waals surface area contributed by atoms with Crippen molar-refractivity contribution in [2.75, 3.05) is 49.1 Å². The summed E-state index contributed by atoms with van der Waals surface area (Å²) in [4.78, 5) is 19.4. The van der Waals surface area contributed by atoms with Gasteiger partial charge in [0.05, 0.1) is 6.54 Å². The van der Waals surface area contributed by atoms with Crippen molar-refractivity contribution in [3.63, 3.8) is 0 Å². The highest BCUT2D eigenvalue weighted by Gasteiger charge is 2.23. The van der Waals surface area contributed by atoms with Crippen LogP contribution in [0, 0.1) is 13.8 Å². The second-order valence-electron chi connectivity index (χ2n) is 7.11. The summed E-state index contributed by atoms with van der Waals surface area (Å²) in [6.45, 7) is 12.8. The van der Waals surface area contributed by atoms with Crippen molar-refractivity contribution in [3.05, 3.63) is 72.3 Å². The molecule has 0 aromatic heterocycles. The van der Waals surface area contributed by atoms with Crippen LogP contribution in [0.4, 0.5) is 11.4 Å². The number of carbonyl (C=O) groups is 1. The lowest BCUT2D eigenvalue weighted by Crippen LogP contribution is -2.50. The lowest BCUT2D eigenvalue weighted by molar-refractivity contribution is -0.119. The number of hydrogen-bond acceptors (Lipinski definition) is 3. The third-order valence-electron chi connectivity index (χ3n) is 5.33. The van der Waals surface area contributed by atoms with Gasteiger partial charge in [-0.05, 0) is 43.2 Å². The molecule has 3 rings (SSSR count). The van der Waals surface area contributed by atoms with Crippen LogP contribution in [0.1, 0.15) is 11.1 Å². The smallest absolute Gasteiger partial charge is 0.241 e. The molecule has 0 spiro atoms. The van der Waals surface area contributed by atoms with Crippen LogP contribution < -0.4 is 9.80 Å². The van der Waals surface area contributed by atoms with Gasteiger partial charge in [-0.2, -0.15) is 0 Å². The molecule has 1 heterocycles. The number of aryl methyl sites for hydroxylation is 1. The number of benzene rings is 2. The topological polar surface area (TPSA) is 26.8 Å². The van der Waals surface area contributed by atoms with Gasteiger partial charge in [-0.1, -0.05) is 36.4 Å². The van der Waals surface area contributed by atoms with E-state index in [0.29, 0.717) is 13.1 Å². The van der Waals surface area contributed by atoms with Crippen LogP contribution in [0.2, 0.25) is 0 Å². The van der Waals surface area contributed by atoms with E-state index in [-0.39, 0.29) is 5.91 Å². The van der Waals surface area contributed by atoms with Gasteiger partial charge < -0.3 is 9.80 Å². The fourth-order valence-electron chi connectivity index (χ4n) is 3.59. The quantitative estimate of drug-likeness (QED) is 0.733. The third kappa shape index (κ3) is 4.58. The standard InChI is InChI=1S/C23H29N3O/c1-4-13-26(21-10-6-5-7-11-21)23(27)18-24-14-16-25(17-15-24)22-12-8-9-19(2)20(22)3/h4-12H,1,13-18H2,2-3H3. The van der Waals surface area contributed by atoms with Gasteiger partial charge in [0, 0.05) is 44.1 Å². The lowest BCUT2D eigenvalue weighted by Gasteiger charge is -2.37. The number of carbonyl (C=O) groups excluding carboxylic acids is 1. The van der Waals surface area contributed by atoms with Gasteiger partial charge in [-0.15, -0.1) is 6.58 Å². The molecule has 4 nitrogen and oxygen atoms in total. The number of nitrogens with zero attached hydrogens (tertiary/aromatic N) is 3. The molecule has 0 saturated carbocycles. The Balaban J connectivity index is 1.60. The van der Waals surface area contributed by atoms with Gasteiger partial charge >= 0.3 is 0 Å². The van der Waals surface area contributed by atoms with Crippen LogP contribution in [0.15, 0.2) is 61.2 Å². The molecule has 0 atom stereocenters. The minimum Gasteiger partial charge on any atom is -0.369 e. The summed E-state index contributed by atoms with van der Waals surface area (Å²) in [6, 6.07) is 16.3. The fourth-order valence-corrected chi connectivity index (χ4v) is 3.59. The maximum absolute atomic E-state index is 12.9. The van der Waals surface area contributed by atoms with Crippen molar-refractivity contribution in [1.82, 2.24) is 4.90 Å². The Morgan fingerprint density at radius 1 is 1.04 bits per heavy atom. The Morgan fingerprint density at radius 3 is 2.41 bits per heavy atom. The van der Waals surface area contributed by atoms with Gasteiger partial charge in [0.1, 0.15) is 0 Å². The van der Waals surface area contributed by atoms with Crippen molar-refractivity contribution in [1.29, 1.82) is 0 Å². The molecule has 1 aliphatic rings. The molecule has 0 unspecified atom stereocenters. The van der Waals surface area contributed by atoms with Gasteiger partial charge in [-0.25, -0.2) is 0 Å². The first kappa shape index (κ1) is 19.2. The molecule has 4 heteroatoms. The molecule has 0 bridgehead atoms. The SMILES string of the molecule is C=CCN(C(=O)CN1CCN(c2cccc(C)c2C)CC1)c1ccccc1. The summed E-state index contributed by atoms with van der Waals surface area (Å²) in [5.41, 5.74) is 4.92. The molecule has 1 saturated heterocycles. The fraction of sp³-hybridized carbons (Fsp3) is 0.348. The number of anilines is 2. The first-order valence-electron chi connectivity index (χ1n) is 9.60. The molecule has 0 radical (unpaired) electrons. The third-order valence-corrected chi connectivity index (χ3v) is 5.33. The van der Waals surface area contributed by atoms with Crippen LogP contribution in [0.3, 0.4) is 0 Å². The largest absolute Gasteiger partial charge is 0.369 e. The molecule has 2 aromatic rings. The number of rotatable bonds is 6. The molecule has 0 N–H and O–H groups in total. The van der Waals surface area contributed by atoms with E-state index in [9.17, 15) is 4.79 Å². The second-order valence-corrected chi connectivity index (χ2v) is 7.11. The van der Waals surface area contributed by atoms with E-state index < -0.39 is 0 Å². The van der Waals surface area contributed by atoms with E-state index in [1.165, 1.54) is 16.8 Å². The number of para-hydroxylation sites is 1. The molecular weight excluding hydrogens is 334 g/mol. The average Bonchev–Trinajstić information content (AvgIpc) is 2.69. The first-order valence-corrected chi connectivity index (χ1v) is 9.60. The van der Waals surface area contributed by atoms with Crippen molar-refractivity contribution in [3.8, 4) is 0 Å². The second kappa shape index (κ2) is 8.87. The molecule has 1 fully saturated rings. The summed E-state index contributed by atoms with van der Waals surface area (Å²) in [5.74, 6) is 0.126. The van der Waals surface area contributed by atoms with Crippen LogP contribution in [0.5, 0.6) is 0 Å². The Bertz CT molecular complexity index is 779. The minimum absolute atomic E-state index is 0.126. The van der Waals surface area contributed by atoms with E-state index in [1.807, 2.05) is 35.2 Å². The number of piperazine rings is 1. The predicted molar refractivity (Wildman–Crippen MR) is 114 cm³/mol. The van der Waals surface area contributed by atoms with Crippen molar-refractivity contribution in [2.24, 2.45) is 0 Å². The summed E-state index contributed by atoms with van der Waals surface area (Å²) in [5, 5.41) is 0. The predicted octanol–water partition coefficient (Wildman–Crippen LogP) is 3.64. The number of amides is 1. The summed E-state index contributed by atoms with van der Waals surface area (Å²) in [6.07, 6.45) is 1.78. The van der Waals surface area contributed by atoms with E-state index in [4.69, 9.17) is 0 Å². The monoisotopic (exact) mass is 363 g/mol. The number of hydrogen-bond donors (Lipinski definition) is 0. The zero-order valence-corrected chi connectivity index (χ0v) is 16.4. The molecule has 0 aliphatic carbocycles. The van der Waals surface area contributed by atoms with Crippen LogP contribution >= 0.6 is 0 Å². The highest BCUT2D eigenvalue weighted by atomic mass is 16.2. The lowest BCUT2D eigenvalue weighted by atomic mass is 10.1. The normalized spacial score (nSPS) is 14.8. The molecule has 1 aliphatic heterocycles. The van der Waals surface area contributed by atoms with Gasteiger partial charge in [0.15, 0.2) is 0 Å². The van der Waals surface area contributed by atoms with E-state index in [1.54, 1.807) is 6.08 Å². The van der Waals surface area contributed by atoms with E-state index in [2.05, 4.69) is 48.4 Å². The maximum atomic E-state index is 12.9. The zero-order chi connectivity index (χ0) is 19.2. The first-order chi connectivity index (χ1) is 13.1. The average molecular weight is 364 g/mol. The zero-order valence-electron chi connectivity index (χ0n) is 16.4. The van der Waals surface area contributed by atoms with Crippen LogP contribution in [0.25, 0.3) is 0 Å². The van der Waals surface area contributed by atoms with Crippen molar-refractivity contribution >= 4 is 17.3 Å². The van der Waals surface area contributed by atoms with E-state index in [0.717, 1.165) is 31.9 Å². The molecule has 1 amide bonds. The highest BCUT2D eigenvalue weighted by Crippen LogP contribution is 2.24. The summed E-state index contributed by atoms with van der Waals surface area (Å²) >= 11 is 0. The van der Waals surface area contributed by atoms with Crippen LogP contribution in [-0.4, -0.2) is 50.1 Å². The molecular formula is C23H29N3O. The Kier molecular flexibility index (Phi) is 6.30. The highest BCUT2D eigenvalue weighted by molar-refractivity contribution is 5.95. The van der Waals surface area contributed by atoms with Gasteiger partial charge in [0.25, 0.3) is 0 Å². The minimum atomic E-state index is 0.126. The van der Waals surface area contributed by atoms with Gasteiger partial charge in [0.2, 0.25) is 5.91 Å². The van der Waals surface area contributed by atoms with E-state index >= 15 is 0 Å². The molecule has 2 aromatic carbocycles. The van der Waals surface area contributed by atoms with Crippen molar-refractivity contribution in [2.45, 2.75) is 13.8 Å². The maximum Gasteiger partial charge on any atom is 0.241 e. The Hall–Kier alpha value is -2.59.